The van der Waals surface area contributed by atoms with E-state index in [1.54, 1.807) is 17.4 Å². The van der Waals surface area contributed by atoms with Gasteiger partial charge in [-0.1, -0.05) is 12.1 Å². The molecule has 0 aliphatic carbocycles. The molecule has 2 heterocycles. The molecule has 6 heteroatoms. The van der Waals surface area contributed by atoms with Crippen LogP contribution in [-0.2, 0) is 16.0 Å². The number of hydrogen-bond acceptors (Lipinski definition) is 4. The zero-order valence-electron chi connectivity index (χ0n) is 13.4. The molecule has 2 amide bonds. The Morgan fingerprint density at radius 2 is 2.13 bits per heavy atom. The number of thiophene rings is 1. The van der Waals surface area contributed by atoms with Crippen molar-refractivity contribution in [3.05, 3.63) is 35.0 Å². The molecule has 0 atom stereocenters. The lowest BCUT2D eigenvalue weighted by atomic mass is 9.96. The molecule has 23 heavy (non-hydrogen) atoms. The van der Waals surface area contributed by atoms with Crippen molar-refractivity contribution in [3.63, 3.8) is 0 Å². The van der Waals surface area contributed by atoms with Crippen LogP contribution < -0.4 is 10.6 Å². The van der Waals surface area contributed by atoms with Gasteiger partial charge in [0.15, 0.2) is 0 Å². The molecule has 1 aliphatic heterocycles. The second-order valence-electron chi connectivity index (χ2n) is 5.76. The Bertz CT molecular complexity index is 508. The summed E-state index contributed by atoms with van der Waals surface area (Å²) in [5.74, 6) is 0.242. The Kier molecular flexibility index (Phi) is 7.29. The summed E-state index contributed by atoms with van der Waals surface area (Å²) >= 11 is 1.72. The number of carbonyl (C=O) groups is 2. The van der Waals surface area contributed by atoms with E-state index in [0.29, 0.717) is 19.6 Å². The van der Waals surface area contributed by atoms with E-state index in [-0.39, 0.29) is 17.7 Å². The monoisotopic (exact) mass is 335 g/mol. The molecule has 0 aromatic carbocycles. The van der Waals surface area contributed by atoms with Gasteiger partial charge in [-0.25, -0.2) is 0 Å². The highest BCUT2D eigenvalue weighted by Gasteiger charge is 2.25. The van der Waals surface area contributed by atoms with Gasteiger partial charge in [0.1, 0.15) is 0 Å². The van der Waals surface area contributed by atoms with Gasteiger partial charge in [0.05, 0.1) is 6.54 Å². The molecular formula is C17H25N3O2S. The van der Waals surface area contributed by atoms with Gasteiger partial charge in [0.25, 0.3) is 0 Å². The van der Waals surface area contributed by atoms with E-state index < -0.39 is 0 Å². The number of amides is 2. The van der Waals surface area contributed by atoms with Crippen LogP contribution >= 0.6 is 11.3 Å². The molecule has 0 spiro atoms. The molecule has 0 radical (unpaired) electrons. The van der Waals surface area contributed by atoms with E-state index in [0.717, 1.165) is 32.4 Å². The topological polar surface area (TPSA) is 61.4 Å². The smallest absolute Gasteiger partial charge is 0.234 e. The van der Waals surface area contributed by atoms with E-state index in [9.17, 15) is 9.59 Å². The lowest BCUT2D eigenvalue weighted by Crippen LogP contribution is -2.44. The van der Waals surface area contributed by atoms with E-state index in [1.165, 1.54) is 4.88 Å². The summed E-state index contributed by atoms with van der Waals surface area (Å²) in [6.45, 7) is 6.77. The van der Waals surface area contributed by atoms with Crippen LogP contribution in [0, 0.1) is 5.92 Å². The number of rotatable bonds is 8. The fourth-order valence-electron chi connectivity index (χ4n) is 2.71. The molecular weight excluding hydrogens is 310 g/mol. The first-order chi connectivity index (χ1) is 11.2. The molecule has 2 N–H and O–H groups in total. The summed E-state index contributed by atoms with van der Waals surface area (Å²) in [7, 11) is 0. The summed E-state index contributed by atoms with van der Waals surface area (Å²) in [4.78, 5) is 27.2. The number of hydrogen-bond donors (Lipinski definition) is 2. The Labute approximate surface area is 141 Å². The minimum Gasteiger partial charge on any atom is -0.355 e. The molecule has 1 aliphatic rings. The first-order valence-corrected chi connectivity index (χ1v) is 8.97. The van der Waals surface area contributed by atoms with Crippen molar-refractivity contribution in [1.29, 1.82) is 0 Å². The largest absolute Gasteiger partial charge is 0.355 e. The van der Waals surface area contributed by atoms with E-state index in [1.807, 2.05) is 6.07 Å². The predicted molar refractivity (Wildman–Crippen MR) is 93.4 cm³/mol. The minimum absolute atomic E-state index is 0.0174. The molecule has 0 unspecified atom stereocenters. The lowest BCUT2D eigenvalue weighted by Gasteiger charge is -2.30. The summed E-state index contributed by atoms with van der Waals surface area (Å²) in [6.07, 6.45) is 4.20. The van der Waals surface area contributed by atoms with Crippen LogP contribution in [0.15, 0.2) is 30.2 Å². The van der Waals surface area contributed by atoms with Crippen molar-refractivity contribution in [3.8, 4) is 0 Å². The highest BCUT2D eigenvalue weighted by atomic mass is 32.1. The van der Waals surface area contributed by atoms with Gasteiger partial charge in [-0.05, 0) is 43.8 Å². The SMILES string of the molecule is C=CCNC(=O)CN1CCC(C(=O)NCCc2cccs2)CC1. The molecule has 1 fully saturated rings. The van der Waals surface area contributed by atoms with Crippen LogP contribution in [0.4, 0.5) is 0 Å². The second-order valence-corrected chi connectivity index (χ2v) is 6.80. The van der Waals surface area contributed by atoms with E-state index in [2.05, 4.69) is 33.6 Å². The average Bonchev–Trinajstić information content (AvgIpc) is 3.07. The summed E-state index contributed by atoms with van der Waals surface area (Å²) in [5, 5.41) is 7.86. The number of piperidine rings is 1. The van der Waals surface area contributed by atoms with Gasteiger partial charge < -0.3 is 10.6 Å². The Morgan fingerprint density at radius 3 is 2.78 bits per heavy atom. The number of nitrogens with one attached hydrogen (secondary N) is 2. The average molecular weight is 335 g/mol. The zero-order valence-corrected chi connectivity index (χ0v) is 14.2. The van der Waals surface area contributed by atoms with Crippen LogP contribution in [0.5, 0.6) is 0 Å². The van der Waals surface area contributed by atoms with Crippen molar-refractivity contribution >= 4 is 23.2 Å². The van der Waals surface area contributed by atoms with Gasteiger partial charge in [0.2, 0.25) is 11.8 Å². The number of likely N-dealkylation sites (tertiary alicyclic amines) is 1. The maximum absolute atomic E-state index is 12.2. The zero-order chi connectivity index (χ0) is 16.5. The molecule has 2 rings (SSSR count). The third-order valence-corrected chi connectivity index (χ3v) is 4.96. The molecule has 126 valence electrons. The maximum atomic E-state index is 12.2. The maximum Gasteiger partial charge on any atom is 0.234 e. The number of nitrogens with zero attached hydrogens (tertiary/aromatic N) is 1. The highest BCUT2D eigenvalue weighted by Crippen LogP contribution is 2.17. The van der Waals surface area contributed by atoms with Gasteiger partial charge in [0, 0.05) is 23.9 Å². The summed E-state index contributed by atoms with van der Waals surface area (Å²) < 4.78 is 0. The second kappa shape index (κ2) is 9.47. The molecule has 0 saturated carbocycles. The Hall–Kier alpha value is -1.66. The Balaban J connectivity index is 1.62. The first-order valence-electron chi connectivity index (χ1n) is 8.09. The Morgan fingerprint density at radius 1 is 1.35 bits per heavy atom. The van der Waals surface area contributed by atoms with Crippen LogP contribution in [0.1, 0.15) is 17.7 Å². The highest BCUT2D eigenvalue weighted by molar-refractivity contribution is 7.09. The van der Waals surface area contributed by atoms with Crippen molar-refractivity contribution in [1.82, 2.24) is 15.5 Å². The standard InChI is InChI=1S/C17H25N3O2S/c1-2-8-18-16(21)13-20-10-6-14(7-11-20)17(22)19-9-5-15-4-3-12-23-15/h2-4,12,14H,1,5-11,13H2,(H,18,21)(H,19,22). The van der Waals surface area contributed by atoms with E-state index in [4.69, 9.17) is 0 Å². The summed E-state index contributed by atoms with van der Waals surface area (Å²) in [5.41, 5.74) is 0. The first kappa shape index (κ1) is 17.7. The lowest BCUT2D eigenvalue weighted by molar-refractivity contribution is -0.126. The van der Waals surface area contributed by atoms with Gasteiger partial charge >= 0.3 is 0 Å². The van der Waals surface area contributed by atoms with Crippen LogP contribution in [0.25, 0.3) is 0 Å². The molecule has 1 aromatic rings. The molecule has 5 nitrogen and oxygen atoms in total. The fraction of sp³-hybridized carbons (Fsp3) is 0.529. The van der Waals surface area contributed by atoms with E-state index >= 15 is 0 Å². The van der Waals surface area contributed by atoms with Crippen molar-refractivity contribution in [2.75, 3.05) is 32.7 Å². The predicted octanol–water partition coefficient (Wildman–Crippen LogP) is 1.42. The van der Waals surface area contributed by atoms with Crippen molar-refractivity contribution in [2.24, 2.45) is 5.92 Å². The van der Waals surface area contributed by atoms with Gasteiger partial charge in [-0.2, -0.15) is 0 Å². The van der Waals surface area contributed by atoms with Crippen molar-refractivity contribution in [2.45, 2.75) is 19.3 Å². The normalized spacial score (nSPS) is 16.0. The quantitative estimate of drug-likeness (QED) is 0.707. The van der Waals surface area contributed by atoms with Crippen LogP contribution in [0.3, 0.4) is 0 Å². The number of carbonyl (C=O) groups excluding carboxylic acids is 2. The van der Waals surface area contributed by atoms with Crippen LogP contribution in [-0.4, -0.2) is 49.4 Å². The fourth-order valence-corrected chi connectivity index (χ4v) is 3.42. The van der Waals surface area contributed by atoms with Crippen LogP contribution in [0.2, 0.25) is 0 Å². The molecule has 0 bridgehead atoms. The molecule has 1 saturated heterocycles. The van der Waals surface area contributed by atoms with Crippen molar-refractivity contribution < 1.29 is 9.59 Å². The summed E-state index contributed by atoms with van der Waals surface area (Å²) in [6, 6.07) is 4.12. The third-order valence-electron chi connectivity index (χ3n) is 4.02. The minimum atomic E-state index is 0.0174. The third kappa shape index (κ3) is 6.15. The van der Waals surface area contributed by atoms with Gasteiger partial charge in [-0.3, -0.25) is 14.5 Å². The molecule has 1 aromatic heterocycles. The van der Waals surface area contributed by atoms with Gasteiger partial charge in [-0.15, -0.1) is 17.9 Å².